The van der Waals surface area contributed by atoms with Crippen LogP contribution in [0.4, 0.5) is 0 Å². The van der Waals surface area contributed by atoms with Gasteiger partial charge in [0.2, 0.25) is 5.85 Å². The first-order chi connectivity index (χ1) is 6.96. The van der Waals surface area contributed by atoms with Gasteiger partial charge < -0.3 is 19.0 Å². The van der Waals surface area contributed by atoms with Crippen LogP contribution in [-0.2, 0) is 13.9 Å². The summed E-state index contributed by atoms with van der Waals surface area (Å²) in [6.07, 6.45) is 0. The van der Waals surface area contributed by atoms with E-state index in [9.17, 15) is 19.4 Å². The Labute approximate surface area is 95.3 Å². The maximum absolute atomic E-state index is 11.5. The second-order valence-electron chi connectivity index (χ2n) is 4.68. The van der Waals surface area contributed by atoms with E-state index >= 15 is 0 Å². The summed E-state index contributed by atoms with van der Waals surface area (Å²) in [4.78, 5) is 20.4. The van der Waals surface area contributed by atoms with Crippen LogP contribution in [0.3, 0.4) is 0 Å². The van der Waals surface area contributed by atoms with Gasteiger partial charge in [-0.25, -0.2) is 9.36 Å². The summed E-state index contributed by atoms with van der Waals surface area (Å²) >= 11 is 0. The summed E-state index contributed by atoms with van der Waals surface area (Å²) in [7, 11) is 0.859. The van der Waals surface area contributed by atoms with Gasteiger partial charge >= 0.3 is 13.6 Å². The molecule has 0 heterocycles. The van der Waals surface area contributed by atoms with Crippen molar-refractivity contribution in [3.8, 4) is 0 Å². The van der Waals surface area contributed by atoms with Crippen molar-refractivity contribution in [2.75, 3.05) is 27.7 Å². The van der Waals surface area contributed by atoms with Crippen LogP contribution < -0.4 is 0 Å². The highest BCUT2D eigenvalue weighted by molar-refractivity contribution is 7.54. The van der Waals surface area contributed by atoms with Gasteiger partial charge in [-0.2, -0.15) is 0 Å². The summed E-state index contributed by atoms with van der Waals surface area (Å²) in [5.41, 5.74) is 0.00623. The highest BCUT2D eigenvalue weighted by Crippen LogP contribution is 2.47. The lowest BCUT2D eigenvalue weighted by Gasteiger charge is -2.27. The summed E-state index contributed by atoms with van der Waals surface area (Å²) in [6.45, 7) is 4.63. The first-order valence-electron chi connectivity index (χ1n) is 4.66. The molecule has 0 fully saturated rings. The zero-order valence-electron chi connectivity index (χ0n) is 10.0. The maximum Gasteiger partial charge on any atom is 0.413 e. The number of hydrogen-bond acceptors (Lipinski definition) is 4. The third-order valence-electron chi connectivity index (χ3n) is 1.65. The maximum atomic E-state index is 11.5. The molecule has 2 atom stereocenters. The molecule has 16 heavy (non-hydrogen) atoms. The van der Waals surface area contributed by atoms with E-state index in [4.69, 9.17) is 0 Å². The van der Waals surface area contributed by atoms with Gasteiger partial charge in [0.25, 0.3) is 0 Å². The standard InChI is InChI=1S/C9H18NO5P/c1-7(2)9(12)15-16(13,14)8(11)6-10(3,4)5/h8,11H,1,6H2,2-5H3/p+1. The molecule has 0 aromatic heterocycles. The fourth-order valence-corrected chi connectivity index (χ4v) is 2.06. The molecule has 0 aliphatic rings. The number of rotatable bonds is 5. The van der Waals surface area contributed by atoms with Crippen molar-refractivity contribution in [3.63, 3.8) is 0 Å². The number of nitrogens with zero attached hydrogens (tertiary/aromatic N) is 1. The van der Waals surface area contributed by atoms with Gasteiger partial charge in [-0.1, -0.05) is 6.58 Å². The van der Waals surface area contributed by atoms with Gasteiger partial charge in [0.15, 0.2) is 0 Å². The van der Waals surface area contributed by atoms with Crippen molar-refractivity contribution in [2.45, 2.75) is 12.8 Å². The minimum Gasteiger partial charge on any atom is -0.386 e. The minimum absolute atomic E-state index is 0.00273. The topological polar surface area (TPSA) is 83.8 Å². The molecule has 2 unspecified atom stereocenters. The van der Waals surface area contributed by atoms with E-state index in [1.54, 1.807) is 21.1 Å². The van der Waals surface area contributed by atoms with Crippen molar-refractivity contribution in [1.29, 1.82) is 0 Å². The van der Waals surface area contributed by atoms with E-state index in [2.05, 4.69) is 11.1 Å². The summed E-state index contributed by atoms with van der Waals surface area (Å²) in [5.74, 6) is -2.58. The number of aliphatic hydroxyl groups is 1. The summed E-state index contributed by atoms with van der Waals surface area (Å²) in [6, 6.07) is 0. The number of hydrogen-bond donors (Lipinski definition) is 2. The molecular weight excluding hydrogens is 233 g/mol. The van der Waals surface area contributed by atoms with Crippen LogP contribution in [0.15, 0.2) is 12.2 Å². The Hall–Kier alpha value is -0.680. The lowest BCUT2D eigenvalue weighted by atomic mass is 10.4. The lowest BCUT2D eigenvalue weighted by Crippen LogP contribution is -2.41. The molecule has 0 saturated heterocycles. The summed E-state index contributed by atoms with van der Waals surface area (Å²) in [5, 5.41) is 9.51. The van der Waals surface area contributed by atoms with Crippen molar-refractivity contribution >= 4 is 13.6 Å². The average Bonchev–Trinajstić information content (AvgIpc) is 1.99. The van der Waals surface area contributed by atoms with Crippen LogP contribution in [0, 0.1) is 0 Å². The third-order valence-corrected chi connectivity index (χ3v) is 2.99. The molecule has 0 aliphatic heterocycles. The van der Waals surface area contributed by atoms with Crippen LogP contribution in [-0.4, -0.2) is 54.0 Å². The van der Waals surface area contributed by atoms with E-state index in [1.807, 2.05) is 0 Å². The van der Waals surface area contributed by atoms with E-state index in [1.165, 1.54) is 6.92 Å². The fourth-order valence-electron chi connectivity index (χ4n) is 0.851. The summed E-state index contributed by atoms with van der Waals surface area (Å²) < 4.78 is 16.1. The second-order valence-corrected chi connectivity index (χ2v) is 6.58. The third kappa shape index (κ3) is 5.42. The molecule has 0 spiro atoms. The monoisotopic (exact) mass is 252 g/mol. The van der Waals surface area contributed by atoms with Gasteiger partial charge in [0.05, 0.1) is 21.1 Å². The average molecular weight is 252 g/mol. The molecule has 94 valence electrons. The Balaban J connectivity index is 4.61. The lowest BCUT2D eigenvalue weighted by molar-refractivity contribution is -0.872. The molecule has 0 aromatic rings. The molecule has 0 saturated carbocycles. The Bertz CT molecular complexity index is 333. The largest absolute Gasteiger partial charge is 0.413 e. The first-order valence-corrected chi connectivity index (χ1v) is 6.31. The van der Waals surface area contributed by atoms with Crippen LogP contribution in [0.1, 0.15) is 6.92 Å². The Morgan fingerprint density at radius 3 is 2.25 bits per heavy atom. The van der Waals surface area contributed by atoms with E-state index in [0.717, 1.165) is 0 Å². The van der Waals surface area contributed by atoms with Gasteiger partial charge in [0, 0.05) is 5.57 Å². The molecule has 0 rings (SSSR count). The van der Waals surface area contributed by atoms with Gasteiger partial charge in [-0.15, -0.1) is 0 Å². The van der Waals surface area contributed by atoms with Crippen molar-refractivity contribution in [2.24, 2.45) is 0 Å². The van der Waals surface area contributed by atoms with Crippen LogP contribution in [0.2, 0.25) is 0 Å². The molecule has 0 radical (unpaired) electrons. The number of aliphatic hydroxyl groups excluding tert-OH is 1. The Morgan fingerprint density at radius 2 is 1.94 bits per heavy atom. The van der Waals surface area contributed by atoms with Crippen molar-refractivity contribution in [1.82, 2.24) is 0 Å². The smallest absolute Gasteiger partial charge is 0.386 e. The second kappa shape index (κ2) is 5.10. The van der Waals surface area contributed by atoms with Gasteiger partial charge in [-0.3, -0.25) is 0 Å². The zero-order valence-corrected chi connectivity index (χ0v) is 10.9. The molecule has 0 bridgehead atoms. The molecule has 6 nitrogen and oxygen atoms in total. The SMILES string of the molecule is C=C(C)C(=O)OP(=O)(O)C(O)C[N+](C)(C)C. The molecule has 0 amide bonds. The van der Waals surface area contributed by atoms with E-state index in [-0.39, 0.29) is 16.6 Å². The van der Waals surface area contributed by atoms with Gasteiger partial charge in [-0.05, 0) is 6.92 Å². The van der Waals surface area contributed by atoms with Crippen LogP contribution >= 0.6 is 7.60 Å². The molecule has 0 aromatic carbocycles. The number of carbonyl (C=O) groups excluding carboxylic acids is 1. The molecular formula is C9H19NO5P+. The number of carbonyl (C=O) groups is 1. The normalized spacial score (nSPS) is 17.4. The molecule has 0 aliphatic carbocycles. The van der Waals surface area contributed by atoms with E-state index in [0.29, 0.717) is 0 Å². The van der Waals surface area contributed by atoms with E-state index < -0.39 is 19.4 Å². The Morgan fingerprint density at radius 1 is 1.50 bits per heavy atom. The Kier molecular flexibility index (Phi) is 4.88. The fraction of sp³-hybridized carbons (Fsp3) is 0.667. The van der Waals surface area contributed by atoms with Crippen LogP contribution in [0.25, 0.3) is 0 Å². The van der Waals surface area contributed by atoms with Gasteiger partial charge in [0.1, 0.15) is 6.54 Å². The first kappa shape index (κ1) is 15.3. The van der Waals surface area contributed by atoms with Crippen LogP contribution in [0.5, 0.6) is 0 Å². The minimum atomic E-state index is -4.36. The predicted molar refractivity (Wildman–Crippen MR) is 59.6 cm³/mol. The quantitative estimate of drug-likeness (QED) is 0.418. The highest BCUT2D eigenvalue weighted by atomic mass is 31.2. The number of quaternary nitrogens is 1. The highest BCUT2D eigenvalue weighted by Gasteiger charge is 2.38. The van der Waals surface area contributed by atoms with Crippen molar-refractivity contribution in [3.05, 3.63) is 12.2 Å². The zero-order chi connectivity index (χ0) is 13.1. The number of likely N-dealkylation sites (N-methyl/N-ethyl adjacent to an activating group) is 1. The predicted octanol–water partition coefficient (Wildman–Crippen LogP) is 0.316. The molecule has 2 N–H and O–H groups in total. The molecule has 7 heteroatoms. The van der Waals surface area contributed by atoms with Crippen molar-refractivity contribution < 1.29 is 28.4 Å².